The van der Waals surface area contributed by atoms with Crippen molar-refractivity contribution >= 4 is 22.5 Å². The third-order valence-corrected chi connectivity index (χ3v) is 2.93. The molecule has 0 N–H and O–H groups in total. The molecule has 0 aliphatic heterocycles. The van der Waals surface area contributed by atoms with Gasteiger partial charge in [-0.2, -0.15) is 0 Å². The molecule has 0 aliphatic rings. The summed E-state index contributed by atoms with van der Waals surface area (Å²) in [4.78, 5) is 22.5. The van der Waals surface area contributed by atoms with Gasteiger partial charge in [-0.15, -0.1) is 0 Å². The molecular weight excluding hydrogens is 233 g/mol. The van der Waals surface area contributed by atoms with E-state index in [1.165, 1.54) is 19.9 Å². The summed E-state index contributed by atoms with van der Waals surface area (Å²) in [5, 5.41) is 0.603. The number of nitrogens with zero attached hydrogens (tertiary/aromatic N) is 1. The molecule has 3 nitrogen and oxygen atoms in total. The fourth-order valence-corrected chi connectivity index (χ4v) is 2.05. The number of hydrogen-bond donors (Lipinski definition) is 0. The second-order valence-electron chi connectivity index (χ2n) is 4.38. The number of ketones is 2. The Morgan fingerprint density at radius 2 is 2.00 bits per heavy atom. The Bertz CT molecular complexity index is 628. The highest BCUT2D eigenvalue weighted by molar-refractivity contribution is 6.07. The van der Waals surface area contributed by atoms with Gasteiger partial charge in [-0.05, 0) is 19.9 Å². The van der Waals surface area contributed by atoms with Crippen LogP contribution in [0.5, 0.6) is 0 Å². The molecule has 4 heteroatoms. The molecule has 0 bridgehead atoms. The van der Waals surface area contributed by atoms with E-state index in [9.17, 15) is 14.0 Å². The molecule has 0 aliphatic carbocycles. The maximum atomic E-state index is 13.8. The topological polar surface area (TPSA) is 39.1 Å². The Kier molecular flexibility index (Phi) is 3.28. The SMILES string of the molecule is CC(=O)CCn1cc(C(C)=O)c2cccc(F)c21. The van der Waals surface area contributed by atoms with Crippen LogP contribution in [0.2, 0.25) is 0 Å². The van der Waals surface area contributed by atoms with Crippen molar-refractivity contribution in [1.82, 2.24) is 4.57 Å². The van der Waals surface area contributed by atoms with Gasteiger partial charge in [0.25, 0.3) is 0 Å². The van der Waals surface area contributed by atoms with Gasteiger partial charge in [0.15, 0.2) is 5.78 Å². The normalized spacial score (nSPS) is 10.8. The Morgan fingerprint density at radius 1 is 1.28 bits per heavy atom. The molecule has 1 aromatic heterocycles. The van der Waals surface area contributed by atoms with E-state index in [2.05, 4.69) is 0 Å². The maximum absolute atomic E-state index is 13.8. The summed E-state index contributed by atoms with van der Waals surface area (Å²) in [6.45, 7) is 3.34. The molecule has 0 saturated heterocycles. The molecule has 2 rings (SSSR count). The van der Waals surface area contributed by atoms with Gasteiger partial charge in [0.1, 0.15) is 11.6 Å². The number of Topliss-reactive ketones (excluding diaryl/α,β-unsaturated/α-hetero) is 2. The molecule has 0 radical (unpaired) electrons. The Morgan fingerprint density at radius 3 is 2.61 bits per heavy atom. The molecule has 18 heavy (non-hydrogen) atoms. The number of rotatable bonds is 4. The van der Waals surface area contributed by atoms with Crippen LogP contribution in [0.3, 0.4) is 0 Å². The molecule has 1 aromatic carbocycles. The first-order valence-electron chi connectivity index (χ1n) is 5.78. The van der Waals surface area contributed by atoms with Crippen molar-refractivity contribution in [3.05, 3.63) is 35.8 Å². The quantitative estimate of drug-likeness (QED) is 0.779. The fraction of sp³-hybridized carbons (Fsp3) is 0.286. The highest BCUT2D eigenvalue weighted by Crippen LogP contribution is 2.24. The minimum atomic E-state index is -0.372. The number of fused-ring (bicyclic) bond motifs is 1. The van der Waals surface area contributed by atoms with Gasteiger partial charge in [0.05, 0.1) is 5.52 Å². The zero-order valence-corrected chi connectivity index (χ0v) is 10.4. The Hall–Kier alpha value is -1.97. The molecule has 0 unspecified atom stereocenters. The van der Waals surface area contributed by atoms with E-state index < -0.39 is 0 Å². The smallest absolute Gasteiger partial charge is 0.161 e. The third kappa shape index (κ3) is 2.18. The van der Waals surface area contributed by atoms with Gasteiger partial charge in [-0.1, -0.05) is 12.1 Å². The lowest BCUT2D eigenvalue weighted by molar-refractivity contribution is -0.117. The highest BCUT2D eigenvalue weighted by Gasteiger charge is 2.14. The highest BCUT2D eigenvalue weighted by atomic mass is 19.1. The van der Waals surface area contributed by atoms with Crippen molar-refractivity contribution in [2.45, 2.75) is 26.8 Å². The van der Waals surface area contributed by atoms with Gasteiger partial charge < -0.3 is 4.57 Å². The molecule has 0 saturated carbocycles. The van der Waals surface area contributed by atoms with E-state index in [0.29, 0.717) is 29.4 Å². The molecular formula is C14H14FNO2. The molecule has 0 fully saturated rings. The second-order valence-corrected chi connectivity index (χ2v) is 4.38. The predicted molar refractivity (Wildman–Crippen MR) is 67.2 cm³/mol. The van der Waals surface area contributed by atoms with Crippen molar-refractivity contribution in [2.75, 3.05) is 0 Å². The number of halogens is 1. The molecule has 1 heterocycles. The minimum Gasteiger partial charge on any atom is -0.344 e. The lowest BCUT2D eigenvalue weighted by Crippen LogP contribution is -2.02. The van der Waals surface area contributed by atoms with Crippen molar-refractivity contribution < 1.29 is 14.0 Å². The monoisotopic (exact) mass is 247 g/mol. The van der Waals surface area contributed by atoms with E-state index in [4.69, 9.17) is 0 Å². The first kappa shape index (κ1) is 12.5. The fourth-order valence-electron chi connectivity index (χ4n) is 2.05. The van der Waals surface area contributed by atoms with E-state index in [0.717, 1.165) is 0 Å². The van der Waals surface area contributed by atoms with E-state index in [1.807, 2.05) is 0 Å². The molecule has 2 aromatic rings. The van der Waals surface area contributed by atoms with Crippen LogP contribution in [0.15, 0.2) is 24.4 Å². The van der Waals surface area contributed by atoms with Crippen molar-refractivity contribution in [1.29, 1.82) is 0 Å². The van der Waals surface area contributed by atoms with E-state index >= 15 is 0 Å². The average Bonchev–Trinajstić information content (AvgIpc) is 2.67. The van der Waals surface area contributed by atoms with E-state index in [-0.39, 0.29) is 17.4 Å². The van der Waals surface area contributed by atoms with Gasteiger partial charge in [-0.25, -0.2) is 4.39 Å². The van der Waals surface area contributed by atoms with Crippen LogP contribution in [0.4, 0.5) is 4.39 Å². The lowest BCUT2D eigenvalue weighted by atomic mass is 10.1. The van der Waals surface area contributed by atoms with Crippen LogP contribution in [0.1, 0.15) is 30.6 Å². The number of carbonyl (C=O) groups is 2. The van der Waals surface area contributed by atoms with Gasteiger partial charge >= 0.3 is 0 Å². The predicted octanol–water partition coefficient (Wildman–Crippen LogP) is 2.96. The molecule has 94 valence electrons. The zero-order chi connectivity index (χ0) is 13.3. The number of hydrogen-bond acceptors (Lipinski definition) is 2. The van der Waals surface area contributed by atoms with Gasteiger partial charge in [0.2, 0.25) is 0 Å². The van der Waals surface area contributed by atoms with Crippen LogP contribution in [-0.4, -0.2) is 16.1 Å². The van der Waals surface area contributed by atoms with Gasteiger partial charge in [0, 0.05) is 30.1 Å². The van der Waals surface area contributed by atoms with Crippen LogP contribution in [0, 0.1) is 5.82 Å². The summed E-state index contributed by atoms with van der Waals surface area (Å²) in [6.07, 6.45) is 1.95. The average molecular weight is 247 g/mol. The van der Waals surface area contributed by atoms with Gasteiger partial charge in [-0.3, -0.25) is 9.59 Å². The standard InChI is InChI=1S/C14H14FNO2/c1-9(17)6-7-16-8-12(10(2)18)11-4-3-5-13(15)14(11)16/h3-5,8H,6-7H2,1-2H3. The number of para-hydroxylation sites is 1. The van der Waals surface area contributed by atoms with Crippen molar-refractivity contribution in [3.8, 4) is 0 Å². The Balaban J connectivity index is 2.58. The summed E-state index contributed by atoms with van der Waals surface area (Å²) in [5.41, 5.74) is 0.886. The van der Waals surface area contributed by atoms with Crippen LogP contribution in [-0.2, 0) is 11.3 Å². The second kappa shape index (κ2) is 4.72. The summed E-state index contributed by atoms with van der Waals surface area (Å²) < 4.78 is 15.5. The summed E-state index contributed by atoms with van der Waals surface area (Å²) in [7, 11) is 0. The Labute approximate surface area is 104 Å². The number of aromatic nitrogens is 1. The first-order chi connectivity index (χ1) is 8.50. The van der Waals surface area contributed by atoms with Crippen LogP contribution >= 0.6 is 0 Å². The lowest BCUT2D eigenvalue weighted by Gasteiger charge is -2.03. The molecule has 0 spiro atoms. The number of carbonyl (C=O) groups excluding carboxylic acids is 2. The summed E-state index contributed by atoms with van der Waals surface area (Å²) in [5.74, 6) is -0.437. The minimum absolute atomic E-state index is 0.0394. The third-order valence-electron chi connectivity index (χ3n) is 2.93. The first-order valence-corrected chi connectivity index (χ1v) is 5.78. The molecule has 0 amide bonds. The van der Waals surface area contributed by atoms with E-state index in [1.54, 1.807) is 22.9 Å². The van der Waals surface area contributed by atoms with Crippen LogP contribution < -0.4 is 0 Å². The maximum Gasteiger partial charge on any atom is 0.161 e. The van der Waals surface area contributed by atoms with Crippen LogP contribution in [0.25, 0.3) is 10.9 Å². The number of benzene rings is 1. The van der Waals surface area contributed by atoms with Crippen molar-refractivity contribution in [3.63, 3.8) is 0 Å². The summed E-state index contributed by atoms with van der Waals surface area (Å²) in [6, 6.07) is 4.66. The largest absolute Gasteiger partial charge is 0.344 e. The molecule has 0 atom stereocenters. The van der Waals surface area contributed by atoms with Crippen molar-refractivity contribution in [2.24, 2.45) is 0 Å². The summed E-state index contributed by atoms with van der Waals surface area (Å²) >= 11 is 0. The number of aryl methyl sites for hydroxylation is 1. The zero-order valence-electron chi connectivity index (χ0n) is 10.4.